The molecule has 0 radical (unpaired) electrons. The van der Waals surface area contributed by atoms with Gasteiger partial charge in [0.2, 0.25) is 11.0 Å². The van der Waals surface area contributed by atoms with E-state index in [4.69, 9.17) is 4.74 Å². The maximum absolute atomic E-state index is 11.8. The van der Waals surface area contributed by atoms with Crippen LogP contribution in [0, 0.1) is 0 Å². The standard InChI is InChI=1S/C10H16N4O2S.ClH/c1-2-3-8-13-14-10(17-8)12-9(15)7-6-16-5-4-11-7;/h7,11H,2-6H2,1H3,(H,12,14,15);1H. The molecule has 0 saturated carbocycles. The van der Waals surface area contributed by atoms with Crippen molar-refractivity contribution in [2.45, 2.75) is 25.8 Å². The van der Waals surface area contributed by atoms with Crippen molar-refractivity contribution in [2.24, 2.45) is 0 Å². The fraction of sp³-hybridized carbons (Fsp3) is 0.700. The quantitative estimate of drug-likeness (QED) is 0.860. The second-order valence-corrected chi connectivity index (χ2v) is 4.88. The third kappa shape index (κ3) is 4.16. The van der Waals surface area contributed by atoms with Gasteiger partial charge in [-0.2, -0.15) is 0 Å². The zero-order valence-electron chi connectivity index (χ0n) is 10.1. The highest BCUT2D eigenvalue weighted by Crippen LogP contribution is 2.16. The molecular formula is C10H17ClN4O2S. The van der Waals surface area contributed by atoms with Gasteiger partial charge in [0.15, 0.2) is 0 Å². The molecule has 6 nitrogen and oxygen atoms in total. The van der Waals surface area contributed by atoms with Gasteiger partial charge in [0.1, 0.15) is 11.0 Å². The normalized spacial score (nSPS) is 19.1. The van der Waals surface area contributed by atoms with Crippen molar-refractivity contribution in [2.75, 3.05) is 25.1 Å². The second-order valence-electron chi connectivity index (χ2n) is 3.82. The summed E-state index contributed by atoms with van der Waals surface area (Å²) in [6, 6.07) is -0.290. The smallest absolute Gasteiger partial charge is 0.245 e. The number of hydrogen-bond donors (Lipinski definition) is 2. The molecule has 18 heavy (non-hydrogen) atoms. The molecule has 0 aliphatic carbocycles. The van der Waals surface area contributed by atoms with Gasteiger partial charge in [-0.25, -0.2) is 0 Å². The van der Waals surface area contributed by atoms with E-state index in [0.29, 0.717) is 24.9 Å². The number of ether oxygens (including phenoxy) is 1. The summed E-state index contributed by atoms with van der Waals surface area (Å²) in [5, 5.41) is 15.3. The molecule has 1 aromatic rings. The number of nitrogens with one attached hydrogen (secondary N) is 2. The summed E-state index contributed by atoms with van der Waals surface area (Å²) in [5.74, 6) is -0.108. The van der Waals surface area contributed by atoms with E-state index in [1.165, 1.54) is 11.3 Å². The maximum Gasteiger partial charge on any atom is 0.245 e. The predicted octanol–water partition coefficient (Wildman–Crippen LogP) is 0.839. The largest absolute Gasteiger partial charge is 0.378 e. The summed E-state index contributed by atoms with van der Waals surface area (Å²) in [4.78, 5) is 11.8. The minimum absolute atomic E-state index is 0. The summed E-state index contributed by atoms with van der Waals surface area (Å²) in [5.41, 5.74) is 0. The van der Waals surface area contributed by atoms with Gasteiger partial charge >= 0.3 is 0 Å². The Morgan fingerprint density at radius 3 is 3.11 bits per heavy atom. The van der Waals surface area contributed by atoms with Gasteiger partial charge in [-0.15, -0.1) is 22.6 Å². The van der Waals surface area contributed by atoms with E-state index in [2.05, 4.69) is 27.8 Å². The van der Waals surface area contributed by atoms with E-state index in [0.717, 1.165) is 17.8 Å². The predicted molar refractivity (Wildman–Crippen MR) is 72.4 cm³/mol. The molecule has 0 spiro atoms. The summed E-state index contributed by atoms with van der Waals surface area (Å²) < 4.78 is 5.23. The molecule has 2 rings (SSSR count). The molecule has 1 fully saturated rings. The fourth-order valence-corrected chi connectivity index (χ4v) is 2.39. The molecule has 1 amide bonds. The Labute approximate surface area is 116 Å². The molecular weight excluding hydrogens is 276 g/mol. The molecule has 2 heterocycles. The average Bonchev–Trinajstić information content (AvgIpc) is 2.78. The monoisotopic (exact) mass is 292 g/mol. The Balaban J connectivity index is 0.00000162. The van der Waals surface area contributed by atoms with Gasteiger partial charge in [0.05, 0.1) is 13.2 Å². The van der Waals surface area contributed by atoms with Crippen molar-refractivity contribution < 1.29 is 9.53 Å². The van der Waals surface area contributed by atoms with Crippen molar-refractivity contribution in [3.8, 4) is 0 Å². The van der Waals surface area contributed by atoms with Crippen LogP contribution in [-0.4, -0.2) is 41.9 Å². The fourth-order valence-electron chi connectivity index (χ4n) is 1.55. The van der Waals surface area contributed by atoms with Gasteiger partial charge in [-0.1, -0.05) is 18.3 Å². The lowest BCUT2D eigenvalue weighted by molar-refractivity contribution is -0.120. The first kappa shape index (κ1) is 15.3. The topological polar surface area (TPSA) is 76.1 Å². The lowest BCUT2D eigenvalue weighted by Crippen LogP contribution is -2.48. The van der Waals surface area contributed by atoms with Gasteiger partial charge in [-0.05, 0) is 6.42 Å². The zero-order chi connectivity index (χ0) is 12.1. The van der Waals surface area contributed by atoms with Crippen molar-refractivity contribution in [1.29, 1.82) is 0 Å². The number of morpholine rings is 1. The Morgan fingerprint density at radius 1 is 1.61 bits per heavy atom. The van der Waals surface area contributed by atoms with Crippen LogP contribution in [-0.2, 0) is 16.0 Å². The van der Waals surface area contributed by atoms with Gasteiger partial charge in [-0.3, -0.25) is 10.1 Å². The SMILES string of the molecule is CCCc1nnc(NC(=O)C2COCCN2)s1.Cl. The van der Waals surface area contributed by atoms with E-state index in [9.17, 15) is 4.79 Å². The molecule has 1 atom stereocenters. The summed E-state index contributed by atoms with van der Waals surface area (Å²) >= 11 is 1.43. The van der Waals surface area contributed by atoms with Crippen LogP contribution in [0.5, 0.6) is 0 Å². The molecule has 8 heteroatoms. The third-order valence-corrected chi connectivity index (χ3v) is 3.30. The first-order valence-electron chi connectivity index (χ1n) is 5.74. The van der Waals surface area contributed by atoms with Crippen LogP contribution in [0.4, 0.5) is 5.13 Å². The first-order valence-corrected chi connectivity index (χ1v) is 6.55. The molecule has 102 valence electrons. The lowest BCUT2D eigenvalue weighted by atomic mass is 10.2. The number of amides is 1. The number of aromatic nitrogens is 2. The van der Waals surface area contributed by atoms with E-state index in [-0.39, 0.29) is 24.4 Å². The van der Waals surface area contributed by atoms with Crippen molar-refractivity contribution >= 4 is 34.8 Å². The Morgan fingerprint density at radius 2 is 2.44 bits per heavy atom. The van der Waals surface area contributed by atoms with Crippen LogP contribution in [0.2, 0.25) is 0 Å². The van der Waals surface area contributed by atoms with Crippen LogP contribution in [0.25, 0.3) is 0 Å². The molecule has 1 unspecified atom stereocenters. The van der Waals surface area contributed by atoms with Crippen LogP contribution >= 0.6 is 23.7 Å². The van der Waals surface area contributed by atoms with Crippen LogP contribution in [0.3, 0.4) is 0 Å². The average molecular weight is 293 g/mol. The third-order valence-electron chi connectivity index (χ3n) is 2.40. The number of hydrogen-bond acceptors (Lipinski definition) is 6. The van der Waals surface area contributed by atoms with Crippen LogP contribution < -0.4 is 10.6 Å². The Bertz CT molecular complexity index is 382. The number of nitrogens with zero attached hydrogens (tertiary/aromatic N) is 2. The van der Waals surface area contributed by atoms with Gasteiger partial charge < -0.3 is 10.1 Å². The van der Waals surface area contributed by atoms with Crippen molar-refractivity contribution in [1.82, 2.24) is 15.5 Å². The molecule has 1 aromatic heterocycles. The number of carbonyl (C=O) groups is 1. The summed E-state index contributed by atoms with van der Waals surface area (Å²) in [7, 11) is 0. The van der Waals surface area contributed by atoms with Crippen LogP contribution in [0.15, 0.2) is 0 Å². The highest BCUT2D eigenvalue weighted by Gasteiger charge is 2.22. The highest BCUT2D eigenvalue weighted by atomic mass is 35.5. The first-order chi connectivity index (χ1) is 8.29. The minimum Gasteiger partial charge on any atom is -0.378 e. The van der Waals surface area contributed by atoms with Crippen molar-refractivity contribution in [3.05, 3.63) is 5.01 Å². The molecule has 1 aliphatic heterocycles. The zero-order valence-corrected chi connectivity index (χ0v) is 11.8. The Kier molecular flexibility index (Phi) is 6.48. The maximum atomic E-state index is 11.8. The molecule has 2 N–H and O–H groups in total. The van der Waals surface area contributed by atoms with E-state index in [1.807, 2.05) is 0 Å². The van der Waals surface area contributed by atoms with Crippen LogP contribution in [0.1, 0.15) is 18.4 Å². The Hall–Kier alpha value is -0.760. The molecule has 0 bridgehead atoms. The number of aryl methyl sites for hydroxylation is 1. The summed E-state index contributed by atoms with van der Waals surface area (Å²) in [6.45, 7) is 3.86. The van der Waals surface area contributed by atoms with E-state index in [1.54, 1.807) is 0 Å². The van der Waals surface area contributed by atoms with Gasteiger partial charge in [0, 0.05) is 13.0 Å². The number of anilines is 1. The van der Waals surface area contributed by atoms with Crippen molar-refractivity contribution in [3.63, 3.8) is 0 Å². The number of halogens is 1. The lowest BCUT2D eigenvalue weighted by Gasteiger charge is -2.22. The number of rotatable bonds is 4. The number of carbonyl (C=O) groups excluding carboxylic acids is 1. The highest BCUT2D eigenvalue weighted by molar-refractivity contribution is 7.15. The van der Waals surface area contributed by atoms with Gasteiger partial charge in [0.25, 0.3) is 0 Å². The second kappa shape index (κ2) is 7.63. The molecule has 1 aliphatic rings. The summed E-state index contributed by atoms with van der Waals surface area (Å²) in [6.07, 6.45) is 1.93. The molecule has 1 saturated heterocycles. The van der Waals surface area contributed by atoms with E-state index >= 15 is 0 Å². The van der Waals surface area contributed by atoms with E-state index < -0.39 is 0 Å². The minimum atomic E-state index is -0.290. The molecule has 0 aromatic carbocycles.